The smallest absolute Gasteiger partial charge is 0.121 e. The molecule has 1 aliphatic heterocycles. The molecule has 0 bridgehead atoms. The van der Waals surface area contributed by atoms with Crippen LogP contribution in [-0.2, 0) is 6.42 Å². The number of hydrogen-bond donors (Lipinski definition) is 1. The highest BCUT2D eigenvalue weighted by Crippen LogP contribution is 2.32. The van der Waals surface area contributed by atoms with Gasteiger partial charge in [-0.25, -0.2) is 0 Å². The minimum atomic E-state index is 0.559. The normalized spacial score (nSPS) is 14.2. The summed E-state index contributed by atoms with van der Waals surface area (Å²) in [7, 11) is 1.94. The summed E-state index contributed by atoms with van der Waals surface area (Å²) in [6, 6.07) is 7.02. The summed E-state index contributed by atoms with van der Waals surface area (Å²) in [6.45, 7) is 7.21. The summed E-state index contributed by atoms with van der Waals surface area (Å²) in [5.74, 6) is 0.978. The van der Waals surface area contributed by atoms with Crippen LogP contribution >= 0.6 is 0 Å². The molecule has 0 saturated carbocycles. The summed E-state index contributed by atoms with van der Waals surface area (Å²) in [4.78, 5) is 2.44. The molecule has 1 aliphatic rings. The Kier molecular flexibility index (Phi) is 3.89. The molecule has 0 saturated heterocycles. The van der Waals surface area contributed by atoms with Crippen molar-refractivity contribution in [1.29, 1.82) is 0 Å². The van der Waals surface area contributed by atoms with Gasteiger partial charge >= 0.3 is 0 Å². The third-order valence-corrected chi connectivity index (χ3v) is 3.23. The molecule has 1 N–H and O–H groups in total. The van der Waals surface area contributed by atoms with Crippen molar-refractivity contribution in [3.05, 3.63) is 23.8 Å². The molecule has 0 unspecified atom stereocenters. The van der Waals surface area contributed by atoms with E-state index >= 15 is 0 Å². The van der Waals surface area contributed by atoms with Crippen LogP contribution in [0.5, 0.6) is 5.75 Å². The van der Waals surface area contributed by atoms with Crippen molar-refractivity contribution in [3.8, 4) is 5.75 Å². The maximum absolute atomic E-state index is 5.71. The molecule has 0 fully saturated rings. The third kappa shape index (κ3) is 2.72. The monoisotopic (exact) mass is 234 g/mol. The average Bonchev–Trinajstić information content (AvgIpc) is 2.72. The summed E-state index contributed by atoms with van der Waals surface area (Å²) in [6.07, 6.45) is 1.16. The summed E-state index contributed by atoms with van der Waals surface area (Å²) in [5.41, 5.74) is 2.79. The molecule has 0 aromatic heterocycles. The Labute approximate surface area is 104 Å². The molecule has 1 aromatic carbocycles. The fourth-order valence-corrected chi connectivity index (χ4v) is 2.28. The number of fused-ring (bicyclic) bond motifs is 1. The van der Waals surface area contributed by atoms with Crippen LogP contribution in [0.15, 0.2) is 18.2 Å². The van der Waals surface area contributed by atoms with Gasteiger partial charge in [-0.15, -0.1) is 0 Å². The van der Waals surface area contributed by atoms with Gasteiger partial charge in [0.2, 0.25) is 0 Å². The van der Waals surface area contributed by atoms with E-state index < -0.39 is 0 Å². The van der Waals surface area contributed by atoms with Crippen LogP contribution in [0.2, 0.25) is 0 Å². The van der Waals surface area contributed by atoms with Crippen LogP contribution in [0.4, 0.5) is 5.69 Å². The van der Waals surface area contributed by atoms with Crippen molar-refractivity contribution in [3.63, 3.8) is 0 Å². The molecular weight excluding hydrogens is 212 g/mol. The SMILES string of the molecule is CNCCOc1ccc2c(c1)N(C(C)C)CC2. The van der Waals surface area contributed by atoms with E-state index in [4.69, 9.17) is 4.74 Å². The highest BCUT2D eigenvalue weighted by Gasteiger charge is 2.21. The standard InChI is InChI=1S/C14H22N2O/c1-11(2)16-8-6-12-4-5-13(10-14(12)16)17-9-7-15-3/h4-5,10-11,15H,6-9H2,1-3H3. The van der Waals surface area contributed by atoms with Crippen molar-refractivity contribution in [2.75, 3.05) is 31.6 Å². The second-order valence-electron chi connectivity index (χ2n) is 4.78. The number of ether oxygens (including phenoxy) is 1. The van der Waals surface area contributed by atoms with E-state index in [1.165, 1.54) is 11.3 Å². The zero-order chi connectivity index (χ0) is 12.3. The quantitative estimate of drug-likeness (QED) is 0.789. The van der Waals surface area contributed by atoms with Crippen molar-refractivity contribution in [1.82, 2.24) is 5.32 Å². The van der Waals surface area contributed by atoms with Crippen LogP contribution in [-0.4, -0.2) is 32.8 Å². The van der Waals surface area contributed by atoms with Gasteiger partial charge in [0.15, 0.2) is 0 Å². The molecule has 0 radical (unpaired) electrons. The summed E-state index contributed by atoms with van der Waals surface area (Å²) in [5, 5.41) is 3.08. The lowest BCUT2D eigenvalue weighted by Crippen LogP contribution is -2.28. The Balaban J connectivity index is 2.10. The van der Waals surface area contributed by atoms with E-state index in [9.17, 15) is 0 Å². The highest BCUT2D eigenvalue weighted by molar-refractivity contribution is 5.61. The Bertz CT molecular complexity index is 376. The van der Waals surface area contributed by atoms with Crippen LogP contribution in [0.25, 0.3) is 0 Å². The Morgan fingerprint density at radius 3 is 2.94 bits per heavy atom. The number of nitrogens with zero attached hydrogens (tertiary/aromatic N) is 1. The molecule has 0 atom stereocenters. The highest BCUT2D eigenvalue weighted by atomic mass is 16.5. The molecule has 2 rings (SSSR count). The first-order chi connectivity index (χ1) is 8.22. The fraction of sp³-hybridized carbons (Fsp3) is 0.571. The first-order valence-corrected chi connectivity index (χ1v) is 6.39. The zero-order valence-corrected chi connectivity index (χ0v) is 11.0. The maximum atomic E-state index is 5.71. The van der Waals surface area contributed by atoms with Gasteiger partial charge in [-0.05, 0) is 38.9 Å². The Hall–Kier alpha value is -1.22. The van der Waals surface area contributed by atoms with E-state index in [1.807, 2.05) is 7.05 Å². The topological polar surface area (TPSA) is 24.5 Å². The number of rotatable bonds is 5. The van der Waals surface area contributed by atoms with Gasteiger partial charge in [-0.2, -0.15) is 0 Å². The number of hydrogen-bond acceptors (Lipinski definition) is 3. The molecule has 17 heavy (non-hydrogen) atoms. The van der Waals surface area contributed by atoms with Crippen LogP contribution in [0.3, 0.4) is 0 Å². The van der Waals surface area contributed by atoms with E-state index in [2.05, 4.69) is 42.3 Å². The van der Waals surface area contributed by atoms with E-state index in [-0.39, 0.29) is 0 Å². The Morgan fingerprint density at radius 2 is 2.24 bits per heavy atom. The second-order valence-corrected chi connectivity index (χ2v) is 4.78. The van der Waals surface area contributed by atoms with Crippen LogP contribution in [0, 0.1) is 0 Å². The van der Waals surface area contributed by atoms with Gasteiger partial charge < -0.3 is 15.0 Å². The zero-order valence-electron chi connectivity index (χ0n) is 11.0. The minimum Gasteiger partial charge on any atom is -0.492 e. The van der Waals surface area contributed by atoms with E-state index in [1.54, 1.807) is 0 Å². The number of nitrogens with one attached hydrogen (secondary N) is 1. The summed E-state index contributed by atoms with van der Waals surface area (Å²) < 4.78 is 5.71. The van der Waals surface area contributed by atoms with Crippen molar-refractivity contribution in [2.45, 2.75) is 26.3 Å². The lowest BCUT2D eigenvalue weighted by Gasteiger charge is -2.24. The van der Waals surface area contributed by atoms with Crippen LogP contribution in [0.1, 0.15) is 19.4 Å². The molecule has 0 amide bonds. The molecule has 3 nitrogen and oxygen atoms in total. The number of benzene rings is 1. The van der Waals surface area contributed by atoms with Gasteiger partial charge in [0, 0.05) is 30.9 Å². The van der Waals surface area contributed by atoms with Crippen molar-refractivity contribution in [2.24, 2.45) is 0 Å². The molecule has 3 heteroatoms. The van der Waals surface area contributed by atoms with E-state index in [0.717, 1.165) is 31.9 Å². The second kappa shape index (κ2) is 5.41. The molecule has 0 aliphatic carbocycles. The average molecular weight is 234 g/mol. The first-order valence-electron chi connectivity index (χ1n) is 6.39. The lowest BCUT2D eigenvalue weighted by atomic mass is 10.1. The van der Waals surface area contributed by atoms with Gasteiger partial charge in [0.05, 0.1) is 0 Å². The summed E-state index contributed by atoms with van der Waals surface area (Å²) >= 11 is 0. The lowest BCUT2D eigenvalue weighted by molar-refractivity contribution is 0.318. The van der Waals surface area contributed by atoms with Gasteiger partial charge in [0.25, 0.3) is 0 Å². The van der Waals surface area contributed by atoms with Gasteiger partial charge in [-0.3, -0.25) is 0 Å². The maximum Gasteiger partial charge on any atom is 0.121 e. The fourth-order valence-electron chi connectivity index (χ4n) is 2.28. The molecule has 0 spiro atoms. The van der Waals surface area contributed by atoms with Gasteiger partial charge in [-0.1, -0.05) is 6.07 Å². The van der Waals surface area contributed by atoms with Crippen molar-refractivity contribution < 1.29 is 4.74 Å². The number of likely N-dealkylation sites (N-methyl/N-ethyl adjacent to an activating group) is 1. The van der Waals surface area contributed by atoms with Gasteiger partial charge in [0.1, 0.15) is 12.4 Å². The van der Waals surface area contributed by atoms with E-state index in [0.29, 0.717) is 6.04 Å². The van der Waals surface area contributed by atoms with Crippen molar-refractivity contribution >= 4 is 5.69 Å². The predicted molar refractivity (Wildman–Crippen MR) is 72.0 cm³/mol. The first kappa shape index (κ1) is 12.2. The van der Waals surface area contributed by atoms with Crippen LogP contribution < -0.4 is 15.0 Å². The number of anilines is 1. The molecular formula is C14H22N2O. The molecule has 1 heterocycles. The molecule has 1 aromatic rings. The predicted octanol–water partition coefficient (Wildman–Crippen LogP) is 2.06. The largest absolute Gasteiger partial charge is 0.492 e. The molecule has 94 valence electrons. The minimum absolute atomic E-state index is 0.559. The third-order valence-electron chi connectivity index (χ3n) is 3.23. The Morgan fingerprint density at radius 1 is 1.41 bits per heavy atom.